The maximum atomic E-state index is 5.41. The normalized spacial score (nSPS) is 24.0. The lowest BCUT2D eigenvalue weighted by molar-refractivity contribution is 0.242. The first-order chi connectivity index (χ1) is 9.19. The van der Waals surface area contributed by atoms with Crippen molar-refractivity contribution in [2.24, 2.45) is 11.8 Å². The highest BCUT2D eigenvalue weighted by Crippen LogP contribution is 2.27. The molecular formula is C15H27N3O. The molecule has 0 bridgehead atoms. The minimum absolute atomic E-state index is 0.578. The lowest BCUT2D eigenvalue weighted by atomic mass is 9.82. The van der Waals surface area contributed by atoms with Crippen LogP contribution in [0.5, 0.6) is 0 Å². The van der Waals surface area contributed by atoms with Gasteiger partial charge in [0.15, 0.2) is 5.82 Å². The van der Waals surface area contributed by atoms with E-state index < -0.39 is 0 Å². The van der Waals surface area contributed by atoms with Crippen molar-refractivity contribution < 1.29 is 4.52 Å². The van der Waals surface area contributed by atoms with E-state index in [-0.39, 0.29) is 0 Å². The summed E-state index contributed by atoms with van der Waals surface area (Å²) in [4.78, 5) is 4.53. The number of nitrogens with zero attached hydrogens (tertiary/aromatic N) is 2. The van der Waals surface area contributed by atoms with Gasteiger partial charge in [-0.15, -0.1) is 0 Å². The van der Waals surface area contributed by atoms with E-state index in [9.17, 15) is 0 Å². The average molecular weight is 265 g/mol. The number of nitrogens with one attached hydrogen (secondary N) is 1. The summed E-state index contributed by atoms with van der Waals surface area (Å²) in [6, 6.07) is 0.624. The summed E-state index contributed by atoms with van der Waals surface area (Å²) in [6.07, 6.45) is 7.08. The highest BCUT2D eigenvalue weighted by atomic mass is 16.5. The Morgan fingerprint density at radius 3 is 2.84 bits per heavy atom. The zero-order chi connectivity index (χ0) is 13.7. The van der Waals surface area contributed by atoms with Gasteiger partial charge in [0.1, 0.15) is 0 Å². The SMILES string of the molecule is CCNC1CCCCC1Cc1nc(CC(C)C)no1. The van der Waals surface area contributed by atoms with Crippen LogP contribution in [0.15, 0.2) is 4.52 Å². The summed E-state index contributed by atoms with van der Waals surface area (Å²) < 4.78 is 5.41. The van der Waals surface area contributed by atoms with Gasteiger partial charge in [0.25, 0.3) is 0 Å². The number of hydrogen-bond donors (Lipinski definition) is 1. The van der Waals surface area contributed by atoms with Crippen LogP contribution < -0.4 is 5.32 Å². The van der Waals surface area contributed by atoms with Gasteiger partial charge in [0.05, 0.1) is 0 Å². The summed E-state index contributed by atoms with van der Waals surface area (Å²) in [5.74, 6) is 2.92. The standard InChI is InChI=1S/C15H27N3O/c1-4-16-13-8-6-5-7-12(13)10-15-17-14(18-19-15)9-11(2)3/h11-13,16H,4-10H2,1-3H3. The van der Waals surface area contributed by atoms with E-state index in [4.69, 9.17) is 4.52 Å². The third-order valence-corrected chi connectivity index (χ3v) is 3.91. The molecule has 19 heavy (non-hydrogen) atoms. The Hall–Kier alpha value is -0.900. The molecule has 4 heteroatoms. The van der Waals surface area contributed by atoms with E-state index in [1.165, 1.54) is 25.7 Å². The predicted octanol–water partition coefficient (Wildman–Crippen LogP) is 2.98. The quantitative estimate of drug-likeness (QED) is 0.859. The van der Waals surface area contributed by atoms with Gasteiger partial charge in [-0.2, -0.15) is 4.98 Å². The Bertz CT molecular complexity index is 373. The van der Waals surface area contributed by atoms with Gasteiger partial charge in [0, 0.05) is 18.9 Å². The Labute approximate surface area is 116 Å². The zero-order valence-corrected chi connectivity index (χ0v) is 12.5. The van der Waals surface area contributed by atoms with Crippen LogP contribution in [0.4, 0.5) is 0 Å². The molecule has 1 aliphatic rings. The van der Waals surface area contributed by atoms with Crippen LogP contribution in [0.3, 0.4) is 0 Å². The van der Waals surface area contributed by atoms with E-state index in [1.54, 1.807) is 0 Å². The maximum absolute atomic E-state index is 5.41. The molecule has 1 saturated carbocycles. The Balaban J connectivity index is 1.92. The second-order valence-electron chi connectivity index (χ2n) is 6.12. The van der Waals surface area contributed by atoms with Crippen molar-refractivity contribution >= 4 is 0 Å². The molecule has 0 spiro atoms. The second kappa shape index (κ2) is 7.04. The van der Waals surface area contributed by atoms with Crippen LogP contribution in [-0.4, -0.2) is 22.7 Å². The van der Waals surface area contributed by atoms with Crippen molar-refractivity contribution in [2.45, 2.75) is 65.3 Å². The van der Waals surface area contributed by atoms with Crippen LogP contribution in [0.1, 0.15) is 58.2 Å². The van der Waals surface area contributed by atoms with E-state index in [0.717, 1.165) is 31.1 Å². The van der Waals surface area contributed by atoms with Gasteiger partial charge in [-0.25, -0.2) is 0 Å². The molecule has 1 aliphatic carbocycles. The van der Waals surface area contributed by atoms with Crippen LogP contribution in [0.25, 0.3) is 0 Å². The first-order valence-corrected chi connectivity index (χ1v) is 7.73. The third kappa shape index (κ3) is 4.30. The van der Waals surface area contributed by atoms with Gasteiger partial charge in [0.2, 0.25) is 5.89 Å². The predicted molar refractivity (Wildman–Crippen MR) is 76.0 cm³/mol. The number of hydrogen-bond acceptors (Lipinski definition) is 4. The van der Waals surface area contributed by atoms with Gasteiger partial charge in [-0.05, 0) is 31.2 Å². The highest BCUT2D eigenvalue weighted by molar-refractivity contribution is 4.92. The molecule has 1 heterocycles. The van der Waals surface area contributed by atoms with E-state index in [1.807, 2.05) is 0 Å². The highest BCUT2D eigenvalue weighted by Gasteiger charge is 2.26. The van der Waals surface area contributed by atoms with Crippen LogP contribution in [0, 0.1) is 11.8 Å². The number of aromatic nitrogens is 2. The summed E-state index contributed by atoms with van der Waals surface area (Å²) in [6.45, 7) is 7.58. The molecule has 4 nitrogen and oxygen atoms in total. The molecule has 0 aromatic carbocycles. The first-order valence-electron chi connectivity index (χ1n) is 7.73. The van der Waals surface area contributed by atoms with Crippen LogP contribution in [-0.2, 0) is 12.8 Å². The largest absolute Gasteiger partial charge is 0.339 e. The molecule has 1 N–H and O–H groups in total. The molecule has 0 radical (unpaired) electrons. The van der Waals surface area contributed by atoms with Crippen molar-refractivity contribution in [1.29, 1.82) is 0 Å². The molecule has 108 valence electrons. The molecule has 2 rings (SSSR count). The van der Waals surface area contributed by atoms with Crippen molar-refractivity contribution in [1.82, 2.24) is 15.5 Å². The summed E-state index contributed by atoms with van der Waals surface area (Å²) >= 11 is 0. The zero-order valence-electron chi connectivity index (χ0n) is 12.5. The van der Waals surface area contributed by atoms with E-state index in [0.29, 0.717) is 17.9 Å². The molecule has 1 aromatic heterocycles. The van der Waals surface area contributed by atoms with Crippen molar-refractivity contribution in [3.05, 3.63) is 11.7 Å². The summed E-state index contributed by atoms with van der Waals surface area (Å²) in [5.41, 5.74) is 0. The summed E-state index contributed by atoms with van der Waals surface area (Å²) in [7, 11) is 0. The minimum Gasteiger partial charge on any atom is -0.339 e. The maximum Gasteiger partial charge on any atom is 0.226 e. The molecule has 0 aliphatic heterocycles. The minimum atomic E-state index is 0.578. The fourth-order valence-electron chi connectivity index (χ4n) is 3.03. The molecular weight excluding hydrogens is 238 g/mol. The molecule has 0 saturated heterocycles. The monoisotopic (exact) mass is 265 g/mol. The van der Waals surface area contributed by atoms with Crippen LogP contribution >= 0.6 is 0 Å². The fraction of sp³-hybridized carbons (Fsp3) is 0.867. The van der Waals surface area contributed by atoms with Crippen molar-refractivity contribution in [2.75, 3.05) is 6.54 Å². The van der Waals surface area contributed by atoms with Crippen molar-refractivity contribution in [3.8, 4) is 0 Å². The molecule has 2 unspecified atom stereocenters. The lowest BCUT2D eigenvalue weighted by Crippen LogP contribution is -2.39. The lowest BCUT2D eigenvalue weighted by Gasteiger charge is -2.31. The molecule has 1 aromatic rings. The smallest absolute Gasteiger partial charge is 0.226 e. The van der Waals surface area contributed by atoms with Gasteiger partial charge < -0.3 is 9.84 Å². The second-order valence-corrected chi connectivity index (χ2v) is 6.12. The van der Waals surface area contributed by atoms with E-state index >= 15 is 0 Å². The fourth-order valence-corrected chi connectivity index (χ4v) is 3.03. The third-order valence-electron chi connectivity index (χ3n) is 3.91. The van der Waals surface area contributed by atoms with E-state index in [2.05, 4.69) is 36.2 Å². The van der Waals surface area contributed by atoms with Gasteiger partial charge in [-0.1, -0.05) is 38.8 Å². The number of rotatable bonds is 6. The first kappa shape index (κ1) is 14.5. The molecule has 2 atom stereocenters. The van der Waals surface area contributed by atoms with Gasteiger partial charge >= 0.3 is 0 Å². The van der Waals surface area contributed by atoms with Crippen LogP contribution in [0.2, 0.25) is 0 Å². The van der Waals surface area contributed by atoms with Gasteiger partial charge in [-0.3, -0.25) is 0 Å². The summed E-state index contributed by atoms with van der Waals surface area (Å²) in [5, 5.41) is 7.69. The average Bonchev–Trinajstić information content (AvgIpc) is 2.78. The Morgan fingerprint density at radius 2 is 2.11 bits per heavy atom. The Kier molecular flexibility index (Phi) is 5.37. The van der Waals surface area contributed by atoms with Crippen molar-refractivity contribution in [3.63, 3.8) is 0 Å². The molecule has 1 fully saturated rings. The molecule has 0 amide bonds. The Morgan fingerprint density at radius 1 is 1.32 bits per heavy atom. The topological polar surface area (TPSA) is 51.0 Å².